The number of anilines is 1. The molecular formula is C18H19ClN4O4S3. The van der Waals surface area contributed by atoms with Gasteiger partial charge in [0.25, 0.3) is 10.0 Å². The molecular weight excluding hydrogens is 468 g/mol. The smallest absolute Gasteiger partial charge is 0.263 e. The minimum atomic E-state index is -3.83. The average molecular weight is 487 g/mol. The molecule has 12 heteroatoms. The van der Waals surface area contributed by atoms with Crippen molar-refractivity contribution in [3.8, 4) is 0 Å². The van der Waals surface area contributed by atoms with Gasteiger partial charge in [-0.15, -0.1) is 0 Å². The standard InChI is InChI=1S/C18H19ClN4O4S3/c1-22-8-10-23(11-9-22)30(26,27)15-6-7-16-17(12-15)28-18(20-16)21-29(24,25)14-4-2-13(19)3-5-14/h2-7,12H,8-11H2,1H3,(H,20,21). The number of aromatic nitrogens is 1. The maximum atomic E-state index is 13.0. The molecule has 8 nitrogen and oxygen atoms in total. The van der Waals surface area contributed by atoms with Crippen LogP contribution in [0.2, 0.25) is 5.02 Å². The van der Waals surface area contributed by atoms with Crippen LogP contribution in [-0.2, 0) is 20.0 Å². The topological polar surface area (TPSA) is 99.7 Å². The Hall–Kier alpha value is -1.76. The summed E-state index contributed by atoms with van der Waals surface area (Å²) in [6.07, 6.45) is 0. The summed E-state index contributed by atoms with van der Waals surface area (Å²) in [7, 11) is -5.49. The Morgan fingerprint density at radius 2 is 1.60 bits per heavy atom. The van der Waals surface area contributed by atoms with Crippen LogP contribution in [0.25, 0.3) is 10.2 Å². The molecule has 0 aliphatic carbocycles. The molecule has 2 heterocycles. The fraction of sp³-hybridized carbons (Fsp3) is 0.278. The molecule has 1 fully saturated rings. The van der Waals surface area contributed by atoms with E-state index in [1.807, 2.05) is 7.05 Å². The number of piperazine rings is 1. The van der Waals surface area contributed by atoms with Gasteiger partial charge in [0, 0.05) is 31.2 Å². The van der Waals surface area contributed by atoms with Gasteiger partial charge < -0.3 is 4.90 Å². The molecule has 1 aromatic heterocycles. The summed E-state index contributed by atoms with van der Waals surface area (Å²) in [6, 6.07) is 10.4. The van der Waals surface area contributed by atoms with Gasteiger partial charge in [-0.3, -0.25) is 4.72 Å². The highest BCUT2D eigenvalue weighted by Crippen LogP contribution is 2.31. The number of thiazole rings is 1. The van der Waals surface area contributed by atoms with E-state index in [1.54, 1.807) is 12.1 Å². The highest BCUT2D eigenvalue weighted by molar-refractivity contribution is 7.93. The predicted molar refractivity (Wildman–Crippen MR) is 118 cm³/mol. The molecule has 2 aromatic carbocycles. The van der Waals surface area contributed by atoms with Crippen molar-refractivity contribution in [2.24, 2.45) is 0 Å². The van der Waals surface area contributed by atoms with E-state index in [-0.39, 0.29) is 14.9 Å². The second kappa shape index (κ2) is 8.06. The zero-order valence-corrected chi connectivity index (χ0v) is 19.2. The minimum absolute atomic E-state index is 0.0597. The van der Waals surface area contributed by atoms with Gasteiger partial charge in [0.15, 0.2) is 5.13 Å². The number of rotatable bonds is 5. The molecule has 0 radical (unpaired) electrons. The molecule has 4 rings (SSSR count). The third kappa shape index (κ3) is 4.32. The first-order valence-corrected chi connectivity index (χ1v) is 13.1. The number of nitrogens with zero attached hydrogens (tertiary/aromatic N) is 3. The number of hydrogen-bond donors (Lipinski definition) is 1. The maximum absolute atomic E-state index is 13.0. The zero-order chi connectivity index (χ0) is 21.5. The number of nitrogens with one attached hydrogen (secondary N) is 1. The van der Waals surface area contributed by atoms with Crippen LogP contribution < -0.4 is 4.72 Å². The molecule has 0 saturated carbocycles. The highest BCUT2D eigenvalue weighted by atomic mass is 35.5. The monoisotopic (exact) mass is 486 g/mol. The Labute approximate surface area is 184 Å². The quantitative estimate of drug-likeness (QED) is 0.595. The largest absolute Gasteiger partial charge is 0.304 e. The third-order valence-electron chi connectivity index (χ3n) is 4.81. The van der Waals surface area contributed by atoms with Crippen molar-refractivity contribution in [2.75, 3.05) is 37.9 Å². The molecule has 0 spiro atoms. The summed E-state index contributed by atoms with van der Waals surface area (Å²) in [6.45, 7) is 2.23. The summed E-state index contributed by atoms with van der Waals surface area (Å²) in [4.78, 5) is 6.59. The van der Waals surface area contributed by atoms with E-state index in [0.29, 0.717) is 41.4 Å². The van der Waals surface area contributed by atoms with Crippen LogP contribution in [0, 0.1) is 0 Å². The lowest BCUT2D eigenvalue weighted by Crippen LogP contribution is -2.46. The van der Waals surface area contributed by atoms with E-state index >= 15 is 0 Å². The SMILES string of the molecule is CN1CCN(S(=O)(=O)c2ccc3nc(NS(=O)(=O)c4ccc(Cl)cc4)sc3c2)CC1. The van der Waals surface area contributed by atoms with Gasteiger partial charge in [0.1, 0.15) is 0 Å². The zero-order valence-electron chi connectivity index (χ0n) is 15.9. The summed E-state index contributed by atoms with van der Waals surface area (Å²) >= 11 is 6.89. The Morgan fingerprint density at radius 1 is 0.967 bits per heavy atom. The summed E-state index contributed by atoms with van der Waals surface area (Å²) in [5.41, 5.74) is 0.520. The van der Waals surface area contributed by atoms with E-state index in [0.717, 1.165) is 11.3 Å². The van der Waals surface area contributed by atoms with E-state index < -0.39 is 20.0 Å². The fourth-order valence-corrected chi connectivity index (χ4v) is 6.86. The Bertz CT molecular complexity index is 1280. The van der Waals surface area contributed by atoms with E-state index in [2.05, 4.69) is 14.6 Å². The van der Waals surface area contributed by atoms with Gasteiger partial charge in [-0.25, -0.2) is 21.8 Å². The number of hydrogen-bond acceptors (Lipinski definition) is 7. The molecule has 1 aliphatic heterocycles. The predicted octanol–water partition coefficient (Wildman–Crippen LogP) is 2.69. The second-order valence-corrected chi connectivity index (χ2v) is 12.0. The van der Waals surface area contributed by atoms with Crippen molar-refractivity contribution in [3.05, 3.63) is 47.5 Å². The van der Waals surface area contributed by atoms with Gasteiger partial charge in [-0.1, -0.05) is 22.9 Å². The normalized spacial score (nSPS) is 16.7. The fourth-order valence-electron chi connectivity index (χ4n) is 3.07. The van der Waals surface area contributed by atoms with Crippen LogP contribution in [0.5, 0.6) is 0 Å². The van der Waals surface area contributed by atoms with Crippen LogP contribution in [0.3, 0.4) is 0 Å². The van der Waals surface area contributed by atoms with Crippen LogP contribution in [0.15, 0.2) is 52.3 Å². The maximum Gasteiger partial charge on any atom is 0.263 e. The van der Waals surface area contributed by atoms with Crippen molar-refractivity contribution in [1.29, 1.82) is 0 Å². The van der Waals surface area contributed by atoms with Crippen molar-refractivity contribution in [3.63, 3.8) is 0 Å². The molecule has 0 atom stereocenters. The van der Waals surface area contributed by atoms with Crippen LogP contribution in [0.4, 0.5) is 5.13 Å². The molecule has 1 saturated heterocycles. The summed E-state index contributed by atoms with van der Waals surface area (Å²) < 4.78 is 55.5. The Kier molecular flexibility index (Phi) is 5.77. The molecule has 1 N–H and O–H groups in total. The first kappa shape index (κ1) is 21.5. The lowest BCUT2D eigenvalue weighted by molar-refractivity contribution is 0.222. The molecule has 1 aliphatic rings. The molecule has 30 heavy (non-hydrogen) atoms. The summed E-state index contributed by atoms with van der Waals surface area (Å²) in [5.74, 6) is 0. The Balaban J connectivity index is 1.60. The van der Waals surface area contributed by atoms with Crippen molar-refractivity contribution in [2.45, 2.75) is 9.79 Å². The number of benzene rings is 2. The lowest BCUT2D eigenvalue weighted by atomic mass is 10.3. The minimum Gasteiger partial charge on any atom is -0.304 e. The van der Waals surface area contributed by atoms with Gasteiger partial charge in [-0.05, 0) is 49.5 Å². The van der Waals surface area contributed by atoms with E-state index in [1.165, 1.54) is 34.6 Å². The second-order valence-electron chi connectivity index (χ2n) is 6.92. The molecule has 0 unspecified atom stereocenters. The Morgan fingerprint density at radius 3 is 2.27 bits per heavy atom. The summed E-state index contributed by atoms with van der Waals surface area (Å²) in [5, 5.41) is 0.595. The van der Waals surface area contributed by atoms with Gasteiger partial charge in [0.05, 0.1) is 20.0 Å². The van der Waals surface area contributed by atoms with Gasteiger partial charge in [0.2, 0.25) is 10.0 Å². The highest BCUT2D eigenvalue weighted by Gasteiger charge is 2.28. The van der Waals surface area contributed by atoms with E-state index in [4.69, 9.17) is 11.6 Å². The number of likely N-dealkylation sites (N-methyl/N-ethyl adjacent to an activating group) is 1. The van der Waals surface area contributed by atoms with Crippen LogP contribution >= 0.6 is 22.9 Å². The van der Waals surface area contributed by atoms with Gasteiger partial charge >= 0.3 is 0 Å². The number of halogens is 1. The first-order chi connectivity index (χ1) is 14.1. The van der Waals surface area contributed by atoms with Crippen molar-refractivity contribution in [1.82, 2.24) is 14.2 Å². The average Bonchev–Trinajstić information content (AvgIpc) is 3.09. The van der Waals surface area contributed by atoms with Gasteiger partial charge in [-0.2, -0.15) is 4.31 Å². The molecule has 0 amide bonds. The third-order valence-corrected chi connectivity index (χ3v) is 9.37. The molecule has 3 aromatic rings. The first-order valence-electron chi connectivity index (χ1n) is 9.03. The van der Waals surface area contributed by atoms with E-state index in [9.17, 15) is 16.8 Å². The molecule has 160 valence electrons. The number of fused-ring (bicyclic) bond motifs is 1. The van der Waals surface area contributed by atoms with Crippen LogP contribution in [-0.4, -0.2) is 64.3 Å². The molecule has 0 bridgehead atoms. The van der Waals surface area contributed by atoms with Crippen molar-refractivity contribution >= 4 is 58.3 Å². The number of sulfonamides is 2. The lowest BCUT2D eigenvalue weighted by Gasteiger charge is -2.31. The van der Waals surface area contributed by atoms with Crippen LogP contribution in [0.1, 0.15) is 0 Å². The van der Waals surface area contributed by atoms with Crippen molar-refractivity contribution < 1.29 is 16.8 Å².